The van der Waals surface area contributed by atoms with Crippen molar-refractivity contribution in [2.24, 2.45) is 11.8 Å². The van der Waals surface area contributed by atoms with Crippen molar-refractivity contribution in [3.05, 3.63) is 71.3 Å². The molecule has 2 aromatic carbocycles. The molecule has 0 aromatic heterocycles. The second-order valence-corrected chi connectivity index (χ2v) is 9.67. The third-order valence-electron chi connectivity index (χ3n) is 7.65. The van der Waals surface area contributed by atoms with Crippen LogP contribution in [0.2, 0.25) is 0 Å². The quantitative estimate of drug-likeness (QED) is 0.306. The van der Waals surface area contributed by atoms with Crippen LogP contribution in [0, 0.1) is 11.8 Å². The number of fused-ring (bicyclic) bond motifs is 1. The fraction of sp³-hybridized carbons (Fsp3) is 0.533. The normalized spacial score (nSPS) is 21.6. The Morgan fingerprint density at radius 2 is 1.30 bits per heavy atom. The van der Waals surface area contributed by atoms with Gasteiger partial charge >= 0.3 is 0 Å². The highest BCUT2D eigenvalue weighted by atomic mass is 14.3. The summed E-state index contributed by atoms with van der Waals surface area (Å²) < 4.78 is 0. The van der Waals surface area contributed by atoms with Crippen molar-refractivity contribution in [1.82, 2.24) is 0 Å². The molecule has 4 rings (SSSR count). The molecule has 0 N–H and O–H groups in total. The summed E-state index contributed by atoms with van der Waals surface area (Å²) in [4.78, 5) is 0. The predicted molar refractivity (Wildman–Crippen MR) is 131 cm³/mol. The maximum Gasteiger partial charge on any atom is -0.0175 e. The zero-order valence-electron chi connectivity index (χ0n) is 19.0. The van der Waals surface area contributed by atoms with Gasteiger partial charge in [-0.2, -0.15) is 0 Å². The number of allylic oxidation sites excluding steroid dienone is 2. The van der Waals surface area contributed by atoms with Crippen LogP contribution in [0.5, 0.6) is 0 Å². The smallest absolute Gasteiger partial charge is 0.0175 e. The van der Waals surface area contributed by atoms with Gasteiger partial charge in [-0.25, -0.2) is 0 Å². The lowest BCUT2D eigenvalue weighted by molar-refractivity contribution is 0.254. The zero-order chi connectivity index (χ0) is 20.6. The van der Waals surface area contributed by atoms with Gasteiger partial charge in [0.2, 0.25) is 0 Å². The van der Waals surface area contributed by atoms with Crippen LogP contribution in [0.4, 0.5) is 0 Å². The van der Waals surface area contributed by atoms with Gasteiger partial charge in [0.05, 0.1) is 0 Å². The minimum Gasteiger partial charge on any atom is -0.0850 e. The van der Waals surface area contributed by atoms with Crippen LogP contribution in [0.25, 0.3) is 11.1 Å². The molecule has 0 amide bonds. The minimum atomic E-state index is 0.945. The fourth-order valence-corrected chi connectivity index (χ4v) is 5.78. The number of hydrogen-bond donors (Lipinski definition) is 0. The van der Waals surface area contributed by atoms with E-state index in [-0.39, 0.29) is 0 Å². The number of aryl methyl sites for hydroxylation is 2. The van der Waals surface area contributed by atoms with E-state index in [9.17, 15) is 0 Å². The first-order valence-electron chi connectivity index (χ1n) is 12.7. The Morgan fingerprint density at radius 1 is 0.667 bits per heavy atom. The number of benzene rings is 2. The summed E-state index contributed by atoms with van der Waals surface area (Å²) >= 11 is 0. The van der Waals surface area contributed by atoms with Crippen molar-refractivity contribution < 1.29 is 0 Å². The highest BCUT2D eigenvalue weighted by Gasteiger charge is 2.28. The Hall–Kier alpha value is -1.82. The summed E-state index contributed by atoms with van der Waals surface area (Å²) in [5.74, 6) is 1.96. The van der Waals surface area contributed by atoms with Crippen LogP contribution in [0.1, 0.15) is 88.7 Å². The van der Waals surface area contributed by atoms with Crippen LogP contribution in [0.3, 0.4) is 0 Å². The van der Waals surface area contributed by atoms with Crippen LogP contribution < -0.4 is 0 Å². The van der Waals surface area contributed by atoms with Gasteiger partial charge in [-0.1, -0.05) is 86.4 Å². The average Bonchev–Trinajstić information content (AvgIpc) is 3.02. The summed E-state index contributed by atoms with van der Waals surface area (Å²) in [6.45, 7) is 2.21. The van der Waals surface area contributed by atoms with Crippen LogP contribution in [-0.4, -0.2) is 0 Å². The number of rotatable bonds is 8. The molecule has 1 saturated carbocycles. The number of hydrogen-bond acceptors (Lipinski definition) is 0. The zero-order valence-corrected chi connectivity index (χ0v) is 19.0. The Balaban J connectivity index is 1.21. The van der Waals surface area contributed by atoms with Gasteiger partial charge in [0.1, 0.15) is 0 Å². The van der Waals surface area contributed by atoms with E-state index in [1.165, 1.54) is 99.3 Å². The third kappa shape index (κ3) is 5.65. The molecule has 0 heteroatoms. The fourth-order valence-electron chi connectivity index (χ4n) is 5.78. The van der Waals surface area contributed by atoms with Crippen molar-refractivity contribution in [2.45, 2.75) is 90.4 Å². The topological polar surface area (TPSA) is 0 Å². The molecule has 0 bridgehead atoms. The monoisotopic (exact) mass is 400 g/mol. The molecule has 2 aromatic rings. The van der Waals surface area contributed by atoms with Crippen LogP contribution in [0.15, 0.2) is 60.2 Å². The van der Waals surface area contributed by atoms with Gasteiger partial charge in [-0.05, 0) is 98.3 Å². The molecule has 0 saturated heterocycles. The van der Waals surface area contributed by atoms with Gasteiger partial charge < -0.3 is 0 Å². The Morgan fingerprint density at radius 3 is 2.03 bits per heavy atom. The molecular weight excluding hydrogens is 360 g/mol. The van der Waals surface area contributed by atoms with E-state index in [1.54, 1.807) is 0 Å². The molecule has 30 heavy (non-hydrogen) atoms. The van der Waals surface area contributed by atoms with E-state index in [0.717, 1.165) is 18.3 Å². The summed E-state index contributed by atoms with van der Waals surface area (Å²) in [6.07, 6.45) is 20.6. The predicted octanol–water partition coefficient (Wildman–Crippen LogP) is 8.94. The second kappa shape index (κ2) is 11.0. The van der Waals surface area contributed by atoms with Crippen LogP contribution in [-0.2, 0) is 12.8 Å². The SMILES string of the molecule is CCc1ccc(-c2ccc(CCCCCC3=CCCCC4CCCCC34)cc2)cc1. The summed E-state index contributed by atoms with van der Waals surface area (Å²) in [7, 11) is 0. The lowest BCUT2D eigenvalue weighted by Crippen LogP contribution is -2.20. The van der Waals surface area contributed by atoms with Crippen molar-refractivity contribution in [2.75, 3.05) is 0 Å². The van der Waals surface area contributed by atoms with E-state index >= 15 is 0 Å². The van der Waals surface area contributed by atoms with Gasteiger partial charge in [0.25, 0.3) is 0 Å². The molecule has 0 radical (unpaired) electrons. The maximum absolute atomic E-state index is 2.64. The van der Waals surface area contributed by atoms with Crippen molar-refractivity contribution in [3.63, 3.8) is 0 Å². The molecule has 1 fully saturated rings. The van der Waals surface area contributed by atoms with Crippen molar-refractivity contribution in [1.29, 1.82) is 0 Å². The minimum absolute atomic E-state index is 0.945. The average molecular weight is 401 g/mol. The summed E-state index contributed by atoms with van der Waals surface area (Å²) in [5.41, 5.74) is 7.41. The molecule has 2 atom stereocenters. The first kappa shape index (κ1) is 21.4. The first-order valence-corrected chi connectivity index (χ1v) is 12.7. The molecule has 2 unspecified atom stereocenters. The lowest BCUT2D eigenvalue weighted by Gasteiger charge is -2.32. The summed E-state index contributed by atoms with van der Waals surface area (Å²) in [5, 5.41) is 0. The van der Waals surface area contributed by atoms with E-state index in [1.807, 2.05) is 5.57 Å². The molecule has 160 valence electrons. The third-order valence-corrected chi connectivity index (χ3v) is 7.65. The molecule has 0 spiro atoms. The van der Waals surface area contributed by atoms with E-state index in [4.69, 9.17) is 0 Å². The number of unbranched alkanes of at least 4 members (excludes halogenated alkanes) is 2. The van der Waals surface area contributed by atoms with Gasteiger partial charge in [-0.3, -0.25) is 0 Å². The molecule has 0 heterocycles. The highest BCUT2D eigenvalue weighted by Crippen LogP contribution is 2.41. The highest BCUT2D eigenvalue weighted by molar-refractivity contribution is 5.63. The second-order valence-electron chi connectivity index (χ2n) is 9.67. The van der Waals surface area contributed by atoms with E-state index < -0.39 is 0 Å². The first-order chi connectivity index (χ1) is 14.8. The van der Waals surface area contributed by atoms with Gasteiger partial charge in [-0.15, -0.1) is 0 Å². The van der Waals surface area contributed by atoms with Gasteiger partial charge in [0, 0.05) is 0 Å². The standard InChI is InChI=1S/C30H40/c1-2-24-16-20-26(21-17-24)27-22-18-25(19-23-27)10-4-3-5-11-28-12-6-7-13-29-14-8-9-15-30(28)29/h12,16-23,29-30H,2-11,13-15H2,1H3. The van der Waals surface area contributed by atoms with E-state index in [2.05, 4.69) is 61.5 Å². The van der Waals surface area contributed by atoms with Crippen LogP contribution >= 0.6 is 0 Å². The van der Waals surface area contributed by atoms with Gasteiger partial charge in [0.15, 0.2) is 0 Å². The molecule has 2 aliphatic carbocycles. The molecule has 2 aliphatic rings. The maximum atomic E-state index is 2.64. The molecular formula is C30H40. The molecule has 0 nitrogen and oxygen atoms in total. The lowest BCUT2D eigenvalue weighted by atomic mass is 9.73. The van der Waals surface area contributed by atoms with Crippen molar-refractivity contribution >= 4 is 0 Å². The Bertz CT molecular complexity index is 793. The van der Waals surface area contributed by atoms with Crippen molar-refractivity contribution in [3.8, 4) is 11.1 Å². The largest absolute Gasteiger partial charge is 0.0850 e. The molecule has 0 aliphatic heterocycles. The summed E-state index contributed by atoms with van der Waals surface area (Å²) in [6, 6.07) is 18.3. The Labute approximate surface area is 184 Å². The Kier molecular flexibility index (Phi) is 7.84. The van der Waals surface area contributed by atoms with E-state index in [0.29, 0.717) is 0 Å².